The van der Waals surface area contributed by atoms with Crippen molar-refractivity contribution in [3.8, 4) is 11.5 Å². The highest BCUT2D eigenvalue weighted by Gasteiger charge is 2.46. The van der Waals surface area contributed by atoms with E-state index in [1.165, 1.54) is 4.90 Å². The fourth-order valence-corrected chi connectivity index (χ4v) is 5.20. The molecule has 5 rings (SSSR count). The highest BCUT2D eigenvalue weighted by Crippen LogP contribution is 2.43. The second kappa shape index (κ2) is 11.7. The molecule has 0 bridgehead atoms. The van der Waals surface area contributed by atoms with Crippen molar-refractivity contribution in [1.82, 2.24) is 14.3 Å². The normalized spacial score (nSPS) is 16.6. The summed E-state index contributed by atoms with van der Waals surface area (Å²) in [5.74, 6) is -0.623. The van der Waals surface area contributed by atoms with Crippen LogP contribution in [0.5, 0.6) is 11.5 Å². The van der Waals surface area contributed by atoms with E-state index in [0.29, 0.717) is 40.7 Å². The van der Waals surface area contributed by atoms with Crippen molar-refractivity contribution in [1.29, 1.82) is 0 Å². The predicted molar refractivity (Wildman–Crippen MR) is 152 cm³/mol. The molecule has 0 spiro atoms. The number of rotatable bonds is 10. The summed E-state index contributed by atoms with van der Waals surface area (Å²) in [6.45, 7) is 4.65. The highest BCUT2D eigenvalue weighted by atomic mass is 16.5. The number of imidazole rings is 1. The summed E-state index contributed by atoms with van der Waals surface area (Å²) in [7, 11) is 1.56. The molecule has 1 aliphatic rings. The van der Waals surface area contributed by atoms with E-state index in [4.69, 9.17) is 9.47 Å². The number of benzene rings is 2. The van der Waals surface area contributed by atoms with Crippen LogP contribution in [0, 0.1) is 6.92 Å². The maximum Gasteiger partial charge on any atom is 0.295 e. The molecule has 4 aromatic rings. The molecule has 2 aromatic heterocycles. The summed E-state index contributed by atoms with van der Waals surface area (Å²) in [4.78, 5) is 33.1. The van der Waals surface area contributed by atoms with Gasteiger partial charge in [0.2, 0.25) is 0 Å². The molecule has 206 valence electrons. The topological polar surface area (TPSA) is 93.4 Å². The fraction of sp³-hybridized carbons (Fsp3) is 0.281. The van der Waals surface area contributed by atoms with Crippen LogP contribution < -0.4 is 9.47 Å². The van der Waals surface area contributed by atoms with Crippen LogP contribution in [0.3, 0.4) is 0 Å². The molecule has 1 saturated heterocycles. The van der Waals surface area contributed by atoms with Gasteiger partial charge in [-0.15, -0.1) is 0 Å². The number of hydrogen-bond acceptors (Lipinski definition) is 6. The maximum absolute atomic E-state index is 13.6. The van der Waals surface area contributed by atoms with E-state index in [9.17, 15) is 14.7 Å². The van der Waals surface area contributed by atoms with Crippen LogP contribution in [-0.2, 0) is 16.1 Å². The van der Waals surface area contributed by atoms with E-state index in [1.54, 1.807) is 36.8 Å². The number of carbonyl (C=O) groups is 2. The number of fused-ring (bicyclic) bond motifs is 1. The quantitative estimate of drug-likeness (QED) is 0.118. The Morgan fingerprint density at radius 2 is 1.77 bits per heavy atom. The molecule has 1 unspecified atom stereocenters. The van der Waals surface area contributed by atoms with Gasteiger partial charge in [-0.1, -0.05) is 62.2 Å². The molecule has 0 radical (unpaired) electrons. The number of Topliss-reactive ketones (excluding diaryl/α,β-unsaturated/α-hetero) is 1. The molecular weight excluding hydrogens is 506 g/mol. The van der Waals surface area contributed by atoms with E-state index >= 15 is 0 Å². The first kappa shape index (κ1) is 27.0. The summed E-state index contributed by atoms with van der Waals surface area (Å²) in [6, 6.07) is 19.5. The van der Waals surface area contributed by atoms with Crippen LogP contribution in [0.4, 0.5) is 0 Å². The molecule has 2 aromatic carbocycles. The number of unbranched alkanes of at least 4 members (excludes halogenated alkanes) is 2. The first-order valence-electron chi connectivity index (χ1n) is 13.5. The molecule has 1 atom stereocenters. The number of methoxy groups -OCH3 is 1. The van der Waals surface area contributed by atoms with Crippen molar-refractivity contribution in [3.63, 3.8) is 0 Å². The lowest BCUT2D eigenvalue weighted by atomic mass is 9.95. The predicted octanol–water partition coefficient (Wildman–Crippen LogP) is 5.84. The first-order chi connectivity index (χ1) is 19.4. The van der Waals surface area contributed by atoms with Crippen molar-refractivity contribution in [2.75, 3.05) is 13.7 Å². The molecule has 8 heteroatoms. The lowest BCUT2D eigenvalue weighted by Gasteiger charge is -2.26. The SMILES string of the molecule is CCCCCOc1ccc(C2C(=C(O)c3c(C)nc4ccccn34)C(=O)C(=O)N2Cc2ccccc2)cc1OC. The van der Waals surface area contributed by atoms with E-state index in [1.807, 2.05) is 54.6 Å². The number of nitrogens with zero attached hydrogens (tertiary/aromatic N) is 3. The first-order valence-corrected chi connectivity index (χ1v) is 13.5. The average molecular weight is 540 g/mol. The Bertz CT molecular complexity index is 1570. The number of likely N-dealkylation sites (tertiary alicyclic amines) is 1. The summed E-state index contributed by atoms with van der Waals surface area (Å²) in [6.07, 6.45) is 4.85. The number of aryl methyl sites for hydroxylation is 1. The Morgan fingerprint density at radius 1 is 1.00 bits per heavy atom. The van der Waals surface area contributed by atoms with Gasteiger partial charge in [-0.05, 0) is 48.7 Å². The van der Waals surface area contributed by atoms with Gasteiger partial charge in [0.05, 0.1) is 31.0 Å². The molecule has 1 aliphatic heterocycles. The van der Waals surface area contributed by atoms with Crippen LogP contribution in [0.25, 0.3) is 11.4 Å². The smallest absolute Gasteiger partial charge is 0.295 e. The number of hydrogen-bond donors (Lipinski definition) is 1. The Balaban J connectivity index is 1.64. The summed E-state index contributed by atoms with van der Waals surface area (Å²) in [5.41, 5.74) is 3.05. The van der Waals surface area contributed by atoms with Gasteiger partial charge >= 0.3 is 0 Å². The molecular formula is C32H33N3O5. The zero-order chi connectivity index (χ0) is 28.2. The van der Waals surface area contributed by atoms with E-state index < -0.39 is 17.7 Å². The molecule has 40 heavy (non-hydrogen) atoms. The van der Waals surface area contributed by atoms with E-state index in [2.05, 4.69) is 11.9 Å². The van der Waals surface area contributed by atoms with Gasteiger partial charge in [0, 0.05) is 12.7 Å². The monoisotopic (exact) mass is 539 g/mol. The third-order valence-electron chi connectivity index (χ3n) is 7.17. The van der Waals surface area contributed by atoms with Crippen LogP contribution in [0.15, 0.2) is 78.5 Å². The lowest BCUT2D eigenvalue weighted by molar-refractivity contribution is -0.140. The van der Waals surface area contributed by atoms with E-state index in [-0.39, 0.29) is 17.9 Å². The third kappa shape index (κ3) is 5.04. The van der Waals surface area contributed by atoms with Crippen molar-refractivity contribution < 1.29 is 24.2 Å². The van der Waals surface area contributed by atoms with Crippen LogP contribution in [-0.4, -0.2) is 44.8 Å². The number of ether oxygens (including phenoxy) is 2. The number of amides is 1. The largest absolute Gasteiger partial charge is 0.505 e. The van der Waals surface area contributed by atoms with E-state index in [0.717, 1.165) is 24.8 Å². The molecule has 1 fully saturated rings. The standard InChI is InChI=1S/C32H33N3O5/c1-4-5-11-18-40-24-16-15-23(19-25(24)39-3)29-27(30(36)28-21(2)33-26-14-9-10-17-34(26)28)31(37)32(38)35(29)20-22-12-7-6-8-13-22/h6-10,12-17,19,29,36H,4-5,11,18,20H2,1-3H3. The minimum atomic E-state index is -0.850. The fourth-order valence-electron chi connectivity index (χ4n) is 5.20. The molecule has 0 aliphatic carbocycles. The third-order valence-corrected chi connectivity index (χ3v) is 7.17. The summed E-state index contributed by atoms with van der Waals surface area (Å²) >= 11 is 0. The number of ketones is 1. The van der Waals surface area contributed by atoms with Crippen molar-refractivity contribution in [3.05, 3.63) is 101 Å². The Hall–Kier alpha value is -4.59. The number of aliphatic hydroxyl groups is 1. The van der Waals surface area contributed by atoms with Gasteiger partial charge < -0.3 is 19.5 Å². The molecule has 8 nitrogen and oxygen atoms in total. The molecule has 0 saturated carbocycles. The van der Waals surface area contributed by atoms with Crippen molar-refractivity contribution in [2.24, 2.45) is 0 Å². The van der Waals surface area contributed by atoms with Crippen LogP contribution in [0.2, 0.25) is 0 Å². The van der Waals surface area contributed by atoms with Crippen LogP contribution in [0.1, 0.15) is 54.7 Å². The minimum Gasteiger partial charge on any atom is -0.505 e. The number of aromatic nitrogens is 2. The Morgan fingerprint density at radius 3 is 2.52 bits per heavy atom. The van der Waals surface area contributed by atoms with Crippen molar-refractivity contribution in [2.45, 2.75) is 45.7 Å². The average Bonchev–Trinajstić information content (AvgIpc) is 3.44. The van der Waals surface area contributed by atoms with Gasteiger partial charge in [-0.3, -0.25) is 14.0 Å². The second-order valence-corrected chi connectivity index (χ2v) is 9.85. The second-order valence-electron chi connectivity index (χ2n) is 9.85. The van der Waals surface area contributed by atoms with Crippen LogP contribution >= 0.6 is 0 Å². The number of aliphatic hydroxyl groups excluding tert-OH is 1. The maximum atomic E-state index is 13.6. The Labute approximate surface area is 233 Å². The zero-order valence-electron chi connectivity index (χ0n) is 23.0. The molecule has 1 amide bonds. The van der Waals surface area contributed by atoms with Gasteiger partial charge in [-0.2, -0.15) is 0 Å². The highest BCUT2D eigenvalue weighted by molar-refractivity contribution is 6.46. The number of carbonyl (C=O) groups excluding carboxylic acids is 2. The molecule has 1 N–H and O–H groups in total. The zero-order valence-corrected chi connectivity index (χ0v) is 23.0. The van der Waals surface area contributed by atoms with Gasteiger partial charge in [0.25, 0.3) is 11.7 Å². The summed E-state index contributed by atoms with van der Waals surface area (Å²) < 4.78 is 13.3. The molecule has 3 heterocycles. The lowest BCUT2D eigenvalue weighted by Crippen LogP contribution is -2.29. The van der Waals surface area contributed by atoms with Crippen molar-refractivity contribution >= 4 is 23.1 Å². The number of pyridine rings is 1. The summed E-state index contributed by atoms with van der Waals surface area (Å²) in [5, 5.41) is 11.7. The van der Waals surface area contributed by atoms with Gasteiger partial charge in [0.1, 0.15) is 11.3 Å². The minimum absolute atomic E-state index is 0.00773. The Kier molecular flexibility index (Phi) is 7.86. The van der Waals surface area contributed by atoms with Gasteiger partial charge in [0.15, 0.2) is 17.3 Å². The van der Waals surface area contributed by atoms with Gasteiger partial charge in [-0.25, -0.2) is 4.98 Å².